The summed E-state index contributed by atoms with van der Waals surface area (Å²) in [5.74, 6) is 1.83. The van der Waals surface area contributed by atoms with E-state index in [1.165, 1.54) is 47.1 Å². The largest absolute Gasteiger partial charge is 0.493 e. The van der Waals surface area contributed by atoms with Gasteiger partial charge < -0.3 is 4.74 Å². The molecule has 0 radical (unpaired) electrons. The average Bonchev–Trinajstić information content (AvgIpc) is 2.98. The van der Waals surface area contributed by atoms with Gasteiger partial charge in [-0.25, -0.2) is 9.97 Å². The van der Waals surface area contributed by atoms with E-state index in [0.29, 0.717) is 6.61 Å². The van der Waals surface area contributed by atoms with Crippen molar-refractivity contribution in [1.29, 1.82) is 0 Å². The number of aryl methyl sites for hydroxylation is 3. The van der Waals surface area contributed by atoms with Crippen molar-refractivity contribution in [3.8, 4) is 5.75 Å². The zero-order valence-electron chi connectivity index (χ0n) is 13.7. The Hall–Kier alpha value is -1.59. The van der Waals surface area contributed by atoms with Crippen molar-refractivity contribution in [2.24, 2.45) is 0 Å². The number of rotatable bonds is 5. The van der Waals surface area contributed by atoms with Crippen LogP contribution in [0.15, 0.2) is 35.6 Å². The molecule has 2 aromatic heterocycles. The summed E-state index contributed by atoms with van der Waals surface area (Å²) in [7, 11) is 0. The van der Waals surface area contributed by atoms with Crippen LogP contribution in [0.3, 0.4) is 0 Å². The number of hydrogen-bond acceptors (Lipinski definition) is 5. The van der Waals surface area contributed by atoms with E-state index in [2.05, 4.69) is 29.0 Å². The molecule has 0 unspecified atom stereocenters. The Balaban J connectivity index is 1.46. The van der Waals surface area contributed by atoms with E-state index < -0.39 is 0 Å². The fourth-order valence-corrected chi connectivity index (χ4v) is 5.31. The molecule has 0 spiro atoms. The fourth-order valence-electron chi connectivity index (χ4n) is 3.17. The van der Waals surface area contributed by atoms with Crippen molar-refractivity contribution < 1.29 is 4.74 Å². The van der Waals surface area contributed by atoms with Gasteiger partial charge in [-0.05, 0) is 55.9 Å². The first-order chi connectivity index (χ1) is 11.8. The van der Waals surface area contributed by atoms with Gasteiger partial charge in [-0.1, -0.05) is 12.1 Å². The summed E-state index contributed by atoms with van der Waals surface area (Å²) in [6, 6.07) is 8.20. The van der Waals surface area contributed by atoms with E-state index in [9.17, 15) is 0 Å². The molecule has 0 N–H and O–H groups in total. The van der Waals surface area contributed by atoms with Crippen LogP contribution in [0.1, 0.15) is 28.8 Å². The molecule has 5 heteroatoms. The second-order valence-electron chi connectivity index (χ2n) is 6.08. The first kappa shape index (κ1) is 15.9. The number of aromatic nitrogens is 2. The Morgan fingerprint density at radius 1 is 1.21 bits per heavy atom. The van der Waals surface area contributed by atoms with Gasteiger partial charge in [-0.15, -0.1) is 23.1 Å². The van der Waals surface area contributed by atoms with Gasteiger partial charge in [-0.2, -0.15) is 0 Å². The van der Waals surface area contributed by atoms with Crippen molar-refractivity contribution in [1.82, 2.24) is 9.97 Å². The highest BCUT2D eigenvalue weighted by Gasteiger charge is 2.19. The van der Waals surface area contributed by atoms with Crippen LogP contribution in [0.2, 0.25) is 0 Å². The molecular weight excluding hydrogens is 336 g/mol. The predicted molar refractivity (Wildman–Crippen MR) is 101 cm³/mol. The molecule has 0 amide bonds. The lowest BCUT2D eigenvalue weighted by molar-refractivity contribution is 0.343. The fraction of sp³-hybridized carbons (Fsp3) is 0.368. The summed E-state index contributed by atoms with van der Waals surface area (Å²) in [4.78, 5) is 11.7. The van der Waals surface area contributed by atoms with E-state index in [-0.39, 0.29) is 0 Å². The van der Waals surface area contributed by atoms with Crippen LogP contribution in [0, 0.1) is 6.92 Å². The third kappa shape index (κ3) is 3.28. The van der Waals surface area contributed by atoms with Crippen molar-refractivity contribution in [2.45, 2.75) is 37.6 Å². The number of thioether (sulfide) groups is 1. The van der Waals surface area contributed by atoms with E-state index >= 15 is 0 Å². The van der Waals surface area contributed by atoms with Crippen LogP contribution in [0.25, 0.3) is 10.2 Å². The number of nitrogens with zero attached hydrogens (tertiary/aromatic N) is 2. The molecule has 1 aliphatic rings. The monoisotopic (exact) mass is 356 g/mol. The molecule has 0 saturated carbocycles. The van der Waals surface area contributed by atoms with E-state index in [1.54, 1.807) is 18.1 Å². The molecule has 124 valence electrons. The number of hydrogen-bond donors (Lipinski definition) is 0. The molecule has 0 atom stereocenters. The van der Waals surface area contributed by atoms with Gasteiger partial charge in [0.05, 0.1) is 6.61 Å². The SMILES string of the molecule is Cc1cccc(OCCSc2ncnc3sc4c(c23)CCCC4)c1. The predicted octanol–water partition coefficient (Wildman–Crippen LogP) is 5.05. The normalized spacial score (nSPS) is 13.9. The molecule has 3 nitrogen and oxygen atoms in total. The number of fused-ring (bicyclic) bond motifs is 3. The van der Waals surface area contributed by atoms with Crippen molar-refractivity contribution in [2.75, 3.05) is 12.4 Å². The van der Waals surface area contributed by atoms with Crippen molar-refractivity contribution >= 4 is 33.3 Å². The van der Waals surface area contributed by atoms with Crippen LogP contribution in [0.5, 0.6) is 5.75 Å². The lowest BCUT2D eigenvalue weighted by atomic mass is 9.97. The maximum Gasteiger partial charge on any atom is 0.128 e. The maximum absolute atomic E-state index is 5.85. The van der Waals surface area contributed by atoms with Gasteiger partial charge >= 0.3 is 0 Å². The first-order valence-electron chi connectivity index (χ1n) is 8.39. The topological polar surface area (TPSA) is 35.0 Å². The van der Waals surface area contributed by atoms with Crippen LogP contribution in [-0.4, -0.2) is 22.3 Å². The number of benzene rings is 1. The third-order valence-electron chi connectivity index (χ3n) is 4.30. The molecule has 0 fully saturated rings. The van der Waals surface area contributed by atoms with Gasteiger partial charge in [0.15, 0.2) is 0 Å². The summed E-state index contributed by atoms with van der Waals surface area (Å²) in [5.41, 5.74) is 2.73. The quantitative estimate of drug-likeness (QED) is 0.364. The van der Waals surface area contributed by atoms with Crippen LogP contribution in [0.4, 0.5) is 0 Å². The van der Waals surface area contributed by atoms with Gasteiger partial charge in [0.25, 0.3) is 0 Å². The minimum absolute atomic E-state index is 0.686. The minimum atomic E-state index is 0.686. The van der Waals surface area contributed by atoms with E-state index in [0.717, 1.165) is 21.4 Å². The zero-order chi connectivity index (χ0) is 16.4. The second kappa shape index (κ2) is 7.11. The van der Waals surface area contributed by atoms with Gasteiger partial charge in [-0.3, -0.25) is 0 Å². The van der Waals surface area contributed by atoms with Crippen LogP contribution in [-0.2, 0) is 12.8 Å². The lowest BCUT2D eigenvalue weighted by Gasteiger charge is -2.11. The Morgan fingerprint density at radius 2 is 2.12 bits per heavy atom. The molecule has 4 rings (SSSR count). The number of ether oxygens (including phenoxy) is 1. The first-order valence-corrected chi connectivity index (χ1v) is 10.2. The van der Waals surface area contributed by atoms with Crippen molar-refractivity contribution in [3.63, 3.8) is 0 Å². The smallest absolute Gasteiger partial charge is 0.128 e. The second-order valence-corrected chi connectivity index (χ2v) is 8.25. The molecule has 0 bridgehead atoms. The van der Waals surface area contributed by atoms with Gasteiger partial charge in [0, 0.05) is 16.0 Å². The molecule has 1 aliphatic carbocycles. The highest BCUT2D eigenvalue weighted by Crippen LogP contribution is 2.39. The van der Waals surface area contributed by atoms with Crippen LogP contribution < -0.4 is 4.74 Å². The minimum Gasteiger partial charge on any atom is -0.493 e. The third-order valence-corrected chi connectivity index (χ3v) is 6.45. The highest BCUT2D eigenvalue weighted by atomic mass is 32.2. The zero-order valence-corrected chi connectivity index (χ0v) is 15.4. The summed E-state index contributed by atoms with van der Waals surface area (Å²) in [6.45, 7) is 2.77. The molecule has 0 saturated heterocycles. The Labute approximate surface area is 150 Å². The molecule has 0 aliphatic heterocycles. The lowest BCUT2D eigenvalue weighted by Crippen LogP contribution is -2.02. The number of thiophene rings is 1. The van der Waals surface area contributed by atoms with E-state index in [4.69, 9.17) is 4.74 Å². The van der Waals surface area contributed by atoms with E-state index in [1.807, 2.05) is 23.5 Å². The summed E-state index contributed by atoms with van der Waals surface area (Å²) in [6.07, 6.45) is 6.68. The van der Waals surface area contributed by atoms with Gasteiger partial charge in [0.2, 0.25) is 0 Å². The molecule has 3 aromatic rings. The molecule has 24 heavy (non-hydrogen) atoms. The standard InChI is InChI=1S/C19H20N2OS2/c1-13-5-4-6-14(11-13)22-9-10-23-18-17-15-7-2-3-8-16(15)24-19(17)21-12-20-18/h4-6,11-12H,2-3,7-10H2,1H3. The van der Waals surface area contributed by atoms with Crippen LogP contribution >= 0.6 is 23.1 Å². The maximum atomic E-state index is 5.85. The summed E-state index contributed by atoms with van der Waals surface area (Å²) >= 11 is 3.64. The van der Waals surface area contributed by atoms with Crippen molar-refractivity contribution in [3.05, 3.63) is 46.6 Å². The Bertz CT molecular complexity index is 860. The Kier molecular flexibility index (Phi) is 4.72. The summed E-state index contributed by atoms with van der Waals surface area (Å²) < 4.78 is 5.85. The molecule has 2 heterocycles. The van der Waals surface area contributed by atoms with Gasteiger partial charge in [0.1, 0.15) is 21.9 Å². The Morgan fingerprint density at radius 3 is 3.04 bits per heavy atom. The summed E-state index contributed by atoms with van der Waals surface area (Å²) in [5, 5.41) is 2.42. The molecule has 1 aromatic carbocycles. The highest BCUT2D eigenvalue weighted by molar-refractivity contribution is 7.99. The average molecular weight is 357 g/mol. The molecular formula is C19H20N2OS2.